The van der Waals surface area contributed by atoms with Crippen molar-refractivity contribution >= 4 is 35.3 Å². The van der Waals surface area contributed by atoms with Gasteiger partial charge in [0.1, 0.15) is 17.8 Å². The van der Waals surface area contributed by atoms with Crippen molar-refractivity contribution in [3.63, 3.8) is 0 Å². The third-order valence-corrected chi connectivity index (χ3v) is 11.7. The van der Waals surface area contributed by atoms with E-state index in [0.717, 1.165) is 6.42 Å². The standard InChI is InChI=1S/C33H48O10/c1-17(16-41-19(3)34)12-26(37)30(39)18(2)29-27(43-21(5)36)14-25-23-13-28(38)33(40)15-22(42-20(4)35)8-11-32(33,7)24(23)9-10-31(25,29)6/h17-18,22-25,27,29,40H,8-16H2,1-7H3/t17-,18+,22+,23-,24+,25+,27+,29+,31+,32-,33+/m1/s1. The molecular weight excluding hydrogens is 556 g/mol. The highest BCUT2D eigenvalue weighted by atomic mass is 16.5. The largest absolute Gasteiger partial charge is 0.466 e. The molecule has 0 radical (unpaired) electrons. The average Bonchev–Trinajstić information content (AvgIpc) is 3.19. The lowest BCUT2D eigenvalue weighted by Crippen LogP contribution is -2.67. The van der Waals surface area contributed by atoms with Crippen LogP contribution in [0.15, 0.2) is 0 Å². The molecule has 10 heteroatoms. The van der Waals surface area contributed by atoms with Crippen LogP contribution in [0.3, 0.4) is 0 Å². The Morgan fingerprint density at radius 2 is 1.58 bits per heavy atom. The van der Waals surface area contributed by atoms with Gasteiger partial charge in [-0.25, -0.2) is 0 Å². The molecule has 10 nitrogen and oxygen atoms in total. The van der Waals surface area contributed by atoms with Crippen molar-refractivity contribution in [1.82, 2.24) is 0 Å². The van der Waals surface area contributed by atoms with E-state index in [1.54, 1.807) is 13.8 Å². The fraction of sp³-hybridized carbons (Fsp3) is 0.818. The predicted octanol–water partition coefficient (Wildman–Crippen LogP) is 3.78. The number of Topliss-reactive ketones (excluding diaryl/α,β-unsaturated/α-hetero) is 3. The van der Waals surface area contributed by atoms with Gasteiger partial charge in [0.15, 0.2) is 11.6 Å². The van der Waals surface area contributed by atoms with Crippen molar-refractivity contribution in [2.24, 2.45) is 46.3 Å². The second-order valence-corrected chi connectivity index (χ2v) is 14.4. The lowest BCUT2D eigenvalue weighted by atomic mass is 9.42. The quantitative estimate of drug-likeness (QED) is 0.234. The number of aliphatic hydroxyl groups is 1. The molecular formula is C33H48O10. The van der Waals surface area contributed by atoms with E-state index < -0.39 is 69.9 Å². The van der Waals surface area contributed by atoms with E-state index in [-0.39, 0.29) is 55.3 Å². The molecule has 43 heavy (non-hydrogen) atoms. The highest BCUT2D eigenvalue weighted by molar-refractivity contribution is 6.38. The maximum absolute atomic E-state index is 13.8. The summed E-state index contributed by atoms with van der Waals surface area (Å²) in [5.41, 5.74) is -2.76. The first-order chi connectivity index (χ1) is 19.9. The summed E-state index contributed by atoms with van der Waals surface area (Å²) >= 11 is 0. The first-order valence-corrected chi connectivity index (χ1v) is 15.7. The summed E-state index contributed by atoms with van der Waals surface area (Å²) in [6.07, 6.45) is 2.13. The van der Waals surface area contributed by atoms with E-state index >= 15 is 0 Å². The van der Waals surface area contributed by atoms with Crippen molar-refractivity contribution in [1.29, 1.82) is 0 Å². The minimum absolute atomic E-state index is 0.0260. The number of esters is 3. The molecule has 0 bridgehead atoms. The number of hydrogen-bond acceptors (Lipinski definition) is 10. The van der Waals surface area contributed by atoms with Crippen LogP contribution in [0, 0.1) is 46.3 Å². The zero-order valence-electron chi connectivity index (χ0n) is 26.6. The summed E-state index contributed by atoms with van der Waals surface area (Å²) in [6.45, 7) is 11.6. The van der Waals surface area contributed by atoms with E-state index in [0.29, 0.717) is 25.7 Å². The second-order valence-electron chi connectivity index (χ2n) is 14.4. The van der Waals surface area contributed by atoms with Crippen molar-refractivity contribution < 1.29 is 48.1 Å². The normalized spacial score (nSPS) is 39.8. The number of carbonyl (C=O) groups excluding carboxylic acids is 6. The molecule has 4 aliphatic rings. The van der Waals surface area contributed by atoms with Gasteiger partial charge in [0, 0.05) is 57.3 Å². The molecule has 1 N–H and O–H groups in total. The zero-order valence-corrected chi connectivity index (χ0v) is 26.6. The Bertz CT molecular complexity index is 1180. The van der Waals surface area contributed by atoms with Crippen LogP contribution in [-0.4, -0.2) is 64.8 Å². The molecule has 0 unspecified atom stereocenters. The number of ketones is 3. The van der Waals surface area contributed by atoms with Crippen LogP contribution < -0.4 is 0 Å². The van der Waals surface area contributed by atoms with Crippen LogP contribution in [0.25, 0.3) is 0 Å². The van der Waals surface area contributed by atoms with Gasteiger partial charge in [0.2, 0.25) is 5.78 Å². The Morgan fingerprint density at radius 1 is 0.930 bits per heavy atom. The predicted molar refractivity (Wildman–Crippen MR) is 153 cm³/mol. The van der Waals surface area contributed by atoms with Gasteiger partial charge in [-0.05, 0) is 61.2 Å². The Hall–Kier alpha value is -2.62. The zero-order chi connectivity index (χ0) is 32.1. The van der Waals surface area contributed by atoms with Crippen molar-refractivity contribution in [2.45, 2.75) is 118 Å². The number of rotatable bonds is 9. The van der Waals surface area contributed by atoms with Crippen LogP contribution >= 0.6 is 0 Å². The van der Waals surface area contributed by atoms with Gasteiger partial charge in [0.25, 0.3) is 0 Å². The minimum atomic E-state index is -1.59. The lowest BCUT2D eigenvalue weighted by molar-refractivity contribution is -0.217. The van der Waals surface area contributed by atoms with E-state index in [9.17, 15) is 33.9 Å². The van der Waals surface area contributed by atoms with Crippen LogP contribution in [0.1, 0.15) is 99.8 Å². The Labute approximate surface area is 253 Å². The molecule has 0 aromatic rings. The molecule has 4 aliphatic carbocycles. The Balaban J connectivity index is 1.59. The van der Waals surface area contributed by atoms with Gasteiger partial charge < -0.3 is 19.3 Å². The molecule has 0 aliphatic heterocycles. The first-order valence-electron chi connectivity index (χ1n) is 15.7. The summed E-state index contributed by atoms with van der Waals surface area (Å²) < 4.78 is 16.3. The average molecular weight is 605 g/mol. The van der Waals surface area contributed by atoms with Crippen molar-refractivity contribution in [3.8, 4) is 0 Å². The van der Waals surface area contributed by atoms with Gasteiger partial charge in [0.05, 0.1) is 6.61 Å². The van der Waals surface area contributed by atoms with Gasteiger partial charge in [-0.1, -0.05) is 27.7 Å². The number of hydrogen-bond donors (Lipinski definition) is 1. The van der Waals surface area contributed by atoms with Gasteiger partial charge in [-0.2, -0.15) is 0 Å². The lowest BCUT2D eigenvalue weighted by Gasteiger charge is -2.63. The summed E-state index contributed by atoms with van der Waals surface area (Å²) in [5.74, 6) is -4.18. The van der Waals surface area contributed by atoms with E-state index in [4.69, 9.17) is 14.2 Å². The van der Waals surface area contributed by atoms with Crippen molar-refractivity contribution in [3.05, 3.63) is 0 Å². The van der Waals surface area contributed by atoms with E-state index in [2.05, 4.69) is 6.92 Å². The van der Waals surface area contributed by atoms with Crippen LogP contribution in [0.4, 0.5) is 0 Å². The van der Waals surface area contributed by atoms with Crippen LogP contribution in [0.5, 0.6) is 0 Å². The van der Waals surface area contributed by atoms with Gasteiger partial charge in [-0.15, -0.1) is 0 Å². The third kappa shape index (κ3) is 5.92. The highest BCUT2D eigenvalue weighted by Gasteiger charge is 2.69. The summed E-state index contributed by atoms with van der Waals surface area (Å²) in [7, 11) is 0. The van der Waals surface area contributed by atoms with Crippen LogP contribution in [0.2, 0.25) is 0 Å². The van der Waals surface area contributed by atoms with Crippen molar-refractivity contribution in [2.75, 3.05) is 6.61 Å². The van der Waals surface area contributed by atoms with Gasteiger partial charge in [-0.3, -0.25) is 28.8 Å². The number of ether oxygens (including phenoxy) is 3. The maximum atomic E-state index is 13.8. The third-order valence-electron chi connectivity index (χ3n) is 11.7. The highest BCUT2D eigenvalue weighted by Crippen LogP contribution is 2.69. The topological polar surface area (TPSA) is 150 Å². The molecule has 0 heterocycles. The monoisotopic (exact) mass is 604 g/mol. The van der Waals surface area contributed by atoms with E-state index in [1.165, 1.54) is 20.8 Å². The summed E-state index contributed by atoms with van der Waals surface area (Å²) in [4.78, 5) is 75.5. The molecule has 11 atom stereocenters. The summed E-state index contributed by atoms with van der Waals surface area (Å²) in [5, 5.41) is 11.9. The SMILES string of the molecule is CC(=O)OC[C@H](C)CC(=O)C(=O)[C@@H](C)[C@H]1[C@@H](OC(C)=O)C[C@H]2[C@@H]3CC(=O)[C@@]4(O)C[C@@H](OC(C)=O)CC[C@]4(C)[C@H]3CC[C@]12C. The fourth-order valence-corrected chi connectivity index (χ4v) is 9.75. The van der Waals surface area contributed by atoms with Crippen LogP contribution in [-0.2, 0) is 43.0 Å². The molecule has 0 saturated heterocycles. The molecule has 0 spiro atoms. The molecule has 4 saturated carbocycles. The smallest absolute Gasteiger partial charge is 0.302 e. The first kappa shape index (κ1) is 33.3. The Morgan fingerprint density at radius 3 is 2.19 bits per heavy atom. The molecule has 4 rings (SSSR count). The maximum Gasteiger partial charge on any atom is 0.302 e. The fourth-order valence-electron chi connectivity index (χ4n) is 9.75. The minimum Gasteiger partial charge on any atom is -0.466 e. The second kappa shape index (κ2) is 12.1. The molecule has 4 fully saturated rings. The molecule has 0 amide bonds. The van der Waals surface area contributed by atoms with Gasteiger partial charge >= 0.3 is 17.9 Å². The number of carbonyl (C=O) groups is 6. The Kier molecular flexibility index (Phi) is 9.33. The number of fused-ring (bicyclic) bond motifs is 5. The molecule has 0 aromatic carbocycles. The van der Waals surface area contributed by atoms with E-state index in [1.807, 2.05) is 6.92 Å². The molecule has 240 valence electrons. The summed E-state index contributed by atoms with van der Waals surface area (Å²) in [6, 6.07) is 0. The molecule has 0 aromatic heterocycles.